The zero-order chi connectivity index (χ0) is 17.0. The lowest BCUT2D eigenvalue weighted by Crippen LogP contribution is -2.33. The van der Waals surface area contributed by atoms with Crippen LogP contribution in [0.1, 0.15) is 18.9 Å². The first-order valence-corrected chi connectivity index (χ1v) is 7.37. The molecule has 0 radical (unpaired) electrons. The second-order valence-electron chi connectivity index (χ2n) is 4.92. The Kier molecular flexibility index (Phi) is 5.29. The maximum atomic E-state index is 11.8. The highest BCUT2D eigenvalue weighted by atomic mass is 79.9. The number of phenols is 1. The van der Waals surface area contributed by atoms with E-state index in [2.05, 4.69) is 26.5 Å². The molecular weight excluding hydrogens is 374 g/mol. The Morgan fingerprint density at radius 1 is 1.57 bits per heavy atom. The van der Waals surface area contributed by atoms with Crippen molar-refractivity contribution in [2.75, 3.05) is 13.2 Å². The Hall–Kier alpha value is -2.04. The van der Waals surface area contributed by atoms with Crippen LogP contribution in [0.25, 0.3) is 0 Å². The molecule has 1 amide bonds. The number of ether oxygens (including phenoxy) is 2. The fourth-order valence-corrected chi connectivity index (χ4v) is 2.44. The van der Waals surface area contributed by atoms with E-state index in [4.69, 9.17) is 9.47 Å². The number of nitro benzene ring substituents is 1. The van der Waals surface area contributed by atoms with Crippen molar-refractivity contribution in [3.63, 3.8) is 0 Å². The number of benzene rings is 1. The highest BCUT2D eigenvalue weighted by Crippen LogP contribution is 2.31. The second kappa shape index (κ2) is 7.02. The molecule has 0 spiro atoms. The van der Waals surface area contributed by atoms with Crippen molar-refractivity contribution < 1.29 is 24.3 Å². The van der Waals surface area contributed by atoms with E-state index in [0.717, 1.165) is 12.3 Å². The number of amides is 1. The van der Waals surface area contributed by atoms with Gasteiger partial charge in [0.1, 0.15) is 5.75 Å². The number of rotatable bonds is 5. The summed E-state index contributed by atoms with van der Waals surface area (Å²) >= 11 is 3.01. The maximum Gasteiger partial charge on any atom is 0.271 e. The molecule has 124 valence electrons. The van der Waals surface area contributed by atoms with Crippen LogP contribution in [0.15, 0.2) is 21.7 Å². The van der Waals surface area contributed by atoms with Crippen LogP contribution in [0.4, 0.5) is 5.69 Å². The van der Waals surface area contributed by atoms with Crippen molar-refractivity contribution in [1.29, 1.82) is 0 Å². The van der Waals surface area contributed by atoms with Gasteiger partial charge in [0.25, 0.3) is 5.69 Å². The molecule has 10 heteroatoms. The quantitative estimate of drug-likeness (QED) is 0.449. The van der Waals surface area contributed by atoms with Gasteiger partial charge in [0.05, 0.1) is 35.2 Å². The fourth-order valence-electron chi connectivity index (χ4n) is 1.97. The molecule has 1 heterocycles. The van der Waals surface area contributed by atoms with Crippen LogP contribution in [-0.2, 0) is 14.3 Å². The van der Waals surface area contributed by atoms with Gasteiger partial charge >= 0.3 is 0 Å². The van der Waals surface area contributed by atoms with Gasteiger partial charge in [-0.15, -0.1) is 0 Å². The molecule has 0 aromatic heterocycles. The SMILES string of the molecule is CC1(CC(=O)NN=Cc2cc([N+](=O)[O-])cc(Br)c2O)OCCO1. The zero-order valence-electron chi connectivity index (χ0n) is 12.1. The number of phenolic OH excluding ortho intramolecular Hbond substituents is 1. The number of nitro groups is 1. The predicted molar refractivity (Wildman–Crippen MR) is 83.1 cm³/mol. The lowest BCUT2D eigenvalue weighted by atomic mass is 10.2. The van der Waals surface area contributed by atoms with Crippen molar-refractivity contribution in [1.82, 2.24) is 5.43 Å². The molecule has 1 aromatic rings. The average Bonchev–Trinajstić information content (AvgIpc) is 2.89. The van der Waals surface area contributed by atoms with Gasteiger partial charge in [-0.1, -0.05) is 0 Å². The first-order chi connectivity index (χ1) is 10.8. The maximum absolute atomic E-state index is 11.8. The van der Waals surface area contributed by atoms with Gasteiger partial charge in [0.2, 0.25) is 5.91 Å². The molecular formula is C13H14BrN3O6. The lowest BCUT2D eigenvalue weighted by Gasteiger charge is -2.20. The van der Waals surface area contributed by atoms with Gasteiger partial charge in [-0.3, -0.25) is 14.9 Å². The van der Waals surface area contributed by atoms with Gasteiger partial charge in [0.15, 0.2) is 5.79 Å². The lowest BCUT2D eigenvalue weighted by molar-refractivity contribution is -0.385. The summed E-state index contributed by atoms with van der Waals surface area (Å²) < 4.78 is 10.7. The standard InChI is InChI=1S/C13H14BrN3O6/c1-13(22-2-3-23-13)6-11(18)16-15-7-8-4-9(17(20)21)5-10(14)12(8)19/h4-5,7,19H,2-3,6H2,1H3,(H,16,18). The Labute approximate surface area is 139 Å². The van der Waals surface area contributed by atoms with Crippen molar-refractivity contribution in [3.8, 4) is 5.75 Å². The molecule has 0 aliphatic carbocycles. The van der Waals surface area contributed by atoms with Crippen LogP contribution in [0.3, 0.4) is 0 Å². The molecule has 0 bridgehead atoms. The number of nitrogens with one attached hydrogen (secondary N) is 1. The Morgan fingerprint density at radius 3 is 2.83 bits per heavy atom. The molecule has 23 heavy (non-hydrogen) atoms. The van der Waals surface area contributed by atoms with Crippen LogP contribution in [-0.4, -0.2) is 41.2 Å². The van der Waals surface area contributed by atoms with Crippen LogP contribution >= 0.6 is 15.9 Å². The smallest absolute Gasteiger partial charge is 0.271 e. The van der Waals surface area contributed by atoms with Gasteiger partial charge in [0, 0.05) is 17.7 Å². The molecule has 2 rings (SSSR count). The minimum absolute atomic E-state index is 0.0467. The summed E-state index contributed by atoms with van der Waals surface area (Å²) in [6.45, 7) is 2.48. The van der Waals surface area contributed by atoms with E-state index in [1.807, 2.05) is 0 Å². The number of aromatic hydroxyl groups is 1. The Bertz CT molecular complexity index is 657. The summed E-state index contributed by atoms with van der Waals surface area (Å²) in [7, 11) is 0. The number of non-ortho nitro benzene ring substituents is 1. The number of carbonyl (C=O) groups excluding carboxylic acids is 1. The molecule has 9 nitrogen and oxygen atoms in total. The number of hydrogen-bond acceptors (Lipinski definition) is 7. The van der Waals surface area contributed by atoms with E-state index < -0.39 is 16.6 Å². The summed E-state index contributed by atoms with van der Waals surface area (Å²) in [5.41, 5.74) is 2.12. The van der Waals surface area contributed by atoms with Crippen molar-refractivity contribution in [3.05, 3.63) is 32.3 Å². The van der Waals surface area contributed by atoms with Gasteiger partial charge in [-0.25, -0.2) is 5.43 Å². The van der Waals surface area contributed by atoms with Crippen molar-refractivity contribution in [2.45, 2.75) is 19.1 Å². The van der Waals surface area contributed by atoms with E-state index in [1.165, 1.54) is 6.07 Å². The highest BCUT2D eigenvalue weighted by molar-refractivity contribution is 9.10. The molecule has 1 saturated heterocycles. The van der Waals surface area contributed by atoms with Crippen LogP contribution in [0.2, 0.25) is 0 Å². The fraction of sp³-hybridized carbons (Fsp3) is 0.385. The molecule has 1 fully saturated rings. The third-order valence-corrected chi connectivity index (χ3v) is 3.67. The molecule has 1 aliphatic heterocycles. The van der Waals surface area contributed by atoms with E-state index in [0.29, 0.717) is 13.2 Å². The monoisotopic (exact) mass is 387 g/mol. The summed E-state index contributed by atoms with van der Waals surface area (Å²) in [5.74, 6) is -1.64. The molecule has 0 atom stereocenters. The normalized spacial score (nSPS) is 16.6. The molecule has 2 N–H and O–H groups in total. The van der Waals surface area contributed by atoms with E-state index in [-0.39, 0.29) is 27.9 Å². The summed E-state index contributed by atoms with van der Waals surface area (Å²) in [6, 6.07) is 2.31. The third kappa shape index (κ3) is 4.47. The molecule has 0 saturated carbocycles. The van der Waals surface area contributed by atoms with Crippen LogP contribution < -0.4 is 5.43 Å². The van der Waals surface area contributed by atoms with Crippen molar-refractivity contribution in [2.24, 2.45) is 5.10 Å². The average molecular weight is 388 g/mol. The summed E-state index contributed by atoms with van der Waals surface area (Å²) in [6.07, 6.45) is 1.07. The first kappa shape index (κ1) is 17.3. The summed E-state index contributed by atoms with van der Waals surface area (Å²) in [5, 5.41) is 24.3. The minimum Gasteiger partial charge on any atom is -0.506 e. The number of nitrogens with zero attached hydrogens (tertiary/aromatic N) is 2. The summed E-state index contributed by atoms with van der Waals surface area (Å²) in [4.78, 5) is 21.9. The van der Waals surface area contributed by atoms with Gasteiger partial charge < -0.3 is 14.6 Å². The topological polar surface area (TPSA) is 123 Å². The number of halogens is 1. The second-order valence-corrected chi connectivity index (χ2v) is 5.78. The van der Waals surface area contributed by atoms with Crippen LogP contribution in [0.5, 0.6) is 5.75 Å². The van der Waals surface area contributed by atoms with E-state index >= 15 is 0 Å². The molecule has 1 aromatic carbocycles. The predicted octanol–water partition coefficient (Wildman–Crippen LogP) is 1.67. The van der Waals surface area contributed by atoms with Crippen molar-refractivity contribution >= 4 is 33.7 Å². The number of hydrazone groups is 1. The number of carbonyl (C=O) groups is 1. The molecule has 1 aliphatic rings. The zero-order valence-corrected chi connectivity index (χ0v) is 13.7. The first-order valence-electron chi connectivity index (χ1n) is 6.57. The van der Waals surface area contributed by atoms with E-state index in [9.17, 15) is 20.0 Å². The Balaban J connectivity index is 2.02. The van der Waals surface area contributed by atoms with Gasteiger partial charge in [-0.05, 0) is 22.9 Å². The van der Waals surface area contributed by atoms with E-state index in [1.54, 1.807) is 6.92 Å². The van der Waals surface area contributed by atoms with Gasteiger partial charge in [-0.2, -0.15) is 5.10 Å². The number of hydrogen-bond donors (Lipinski definition) is 2. The molecule has 0 unspecified atom stereocenters. The highest BCUT2D eigenvalue weighted by Gasteiger charge is 2.33. The Morgan fingerprint density at radius 2 is 2.22 bits per heavy atom. The van der Waals surface area contributed by atoms with Crippen LogP contribution in [0, 0.1) is 10.1 Å². The largest absolute Gasteiger partial charge is 0.506 e. The minimum atomic E-state index is -0.976. The third-order valence-electron chi connectivity index (χ3n) is 3.06.